The minimum atomic E-state index is -0.575. The number of hydrogen-bond acceptors (Lipinski definition) is 5. The van der Waals surface area contributed by atoms with Gasteiger partial charge in [0, 0.05) is 16.8 Å². The van der Waals surface area contributed by atoms with Crippen molar-refractivity contribution in [3.05, 3.63) is 45.5 Å². The number of nitrogens with zero attached hydrogens (tertiary/aromatic N) is 1. The standard InChI is InChI=1S/C14H16N4O2/c1-7-3-5-9(6-4-7)10-11(15)8(2)12(16)14(13(10)17)18(19)20/h3-6H,15-17H2,1-2H3. The number of nitro benzene ring substituents is 1. The maximum absolute atomic E-state index is 11.1. The Labute approximate surface area is 116 Å². The highest BCUT2D eigenvalue weighted by molar-refractivity contribution is 5.98. The van der Waals surface area contributed by atoms with Crippen LogP contribution in [-0.4, -0.2) is 4.92 Å². The lowest BCUT2D eigenvalue weighted by molar-refractivity contribution is -0.382. The summed E-state index contributed by atoms with van der Waals surface area (Å²) in [5, 5.41) is 11.1. The largest absolute Gasteiger partial charge is 0.398 e. The van der Waals surface area contributed by atoms with Crippen LogP contribution in [0.1, 0.15) is 11.1 Å². The number of nitrogen functional groups attached to an aromatic ring is 3. The molecule has 0 saturated carbocycles. The van der Waals surface area contributed by atoms with E-state index in [2.05, 4.69) is 0 Å². The first-order valence-electron chi connectivity index (χ1n) is 6.03. The van der Waals surface area contributed by atoms with Gasteiger partial charge in [0.2, 0.25) is 0 Å². The number of hydrogen-bond donors (Lipinski definition) is 3. The highest BCUT2D eigenvalue weighted by atomic mass is 16.6. The summed E-state index contributed by atoms with van der Waals surface area (Å²) in [6.07, 6.45) is 0. The van der Waals surface area contributed by atoms with E-state index >= 15 is 0 Å². The van der Waals surface area contributed by atoms with E-state index in [1.807, 2.05) is 31.2 Å². The quantitative estimate of drug-likeness (QED) is 0.440. The molecule has 0 bridgehead atoms. The second kappa shape index (κ2) is 4.73. The monoisotopic (exact) mass is 272 g/mol. The van der Waals surface area contributed by atoms with Crippen molar-refractivity contribution < 1.29 is 4.92 Å². The molecule has 0 radical (unpaired) electrons. The Morgan fingerprint density at radius 2 is 1.50 bits per heavy atom. The molecule has 0 aliphatic carbocycles. The maximum Gasteiger partial charge on any atom is 0.315 e. The third-order valence-electron chi connectivity index (χ3n) is 3.38. The number of aryl methyl sites for hydroxylation is 1. The minimum absolute atomic E-state index is 0.000506. The molecule has 2 aromatic carbocycles. The van der Waals surface area contributed by atoms with Crippen molar-refractivity contribution in [3.8, 4) is 11.1 Å². The van der Waals surface area contributed by atoms with Crippen LogP contribution < -0.4 is 17.2 Å². The molecule has 2 aromatic rings. The van der Waals surface area contributed by atoms with Gasteiger partial charge in [0.1, 0.15) is 11.4 Å². The third-order valence-corrected chi connectivity index (χ3v) is 3.38. The first kappa shape index (κ1) is 13.7. The van der Waals surface area contributed by atoms with Crippen LogP contribution in [0, 0.1) is 24.0 Å². The van der Waals surface area contributed by atoms with Crippen molar-refractivity contribution >= 4 is 22.7 Å². The Morgan fingerprint density at radius 3 is 2.00 bits per heavy atom. The van der Waals surface area contributed by atoms with E-state index in [0.29, 0.717) is 16.8 Å². The molecular weight excluding hydrogens is 256 g/mol. The molecule has 6 N–H and O–H groups in total. The van der Waals surface area contributed by atoms with Crippen LogP contribution in [0.4, 0.5) is 22.7 Å². The average Bonchev–Trinajstić information content (AvgIpc) is 2.38. The van der Waals surface area contributed by atoms with Gasteiger partial charge in [-0.15, -0.1) is 0 Å². The van der Waals surface area contributed by atoms with Gasteiger partial charge < -0.3 is 17.2 Å². The van der Waals surface area contributed by atoms with Gasteiger partial charge in [0.25, 0.3) is 0 Å². The van der Waals surface area contributed by atoms with E-state index in [0.717, 1.165) is 11.1 Å². The Bertz CT molecular complexity index is 694. The predicted octanol–water partition coefficient (Wildman–Crippen LogP) is 2.63. The lowest BCUT2D eigenvalue weighted by Crippen LogP contribution is -2.08. The molecule has 0 aliphatic rings. The molecule has 0 spiro atoms. The number of nitrogens with two attached hydrogens (primary N) is 3. The summed E-state index contributed by atoms with van der Waals surface area (Å²) in [5.41, 5.74) is 20.6. The Balaban J connectivity index is 2.82. The summed E-state index contributed by atoms with van der Waals surface area (Å²) in [4.78, 5) is 10.6. The lowest BCUT2D eigenvalue weighted by atomic mass is 9.95. The molecule has 0 aromatic heterocycles. The maximum atomic E-state index is 11.1. The molecule has 0 atom stereocenters. The molecule has 0 saturated heterocycles. The lowest BCUT2D eigenvalue weighted by Gasteiger charge is -2.15. The first-order valence-corrected chi connectivity index (χ1v) is 6.03. The smallest absolute Gasteiger partial charge is 0.315 e. The second-order valence-electron chi connectivity index (χ2n) is 4.71. The molecule has 20 heavy (non-hydrogen) atoms. The van der Waals surface area contributed by atoms with Crippen molar-refractivity contribution in [3.63, 3.8) is 0 Å². The molecule has 0 heterocycles. The summed E-state index contributed by atoms with van der Waals surface area (Å²) in [7, 11) is 0. The van der Waals surface area contributed by atoms with Gasteiger partial charge in [0.05, 0.1) is 4.92 Å². The van der Waals surface area contributed by atoms with Crippen LogP contribution >= 0.6 is 0 Å². The van der Waals surface area contributed by atoms with E-state index < -0.39 is 4.92 Å². The average molecular weight is 272 g/mol. The van der Waals surface area contributed by atoms with Crippen LogP contribution in [0.5, 0.6) is 0 Å². The van der Waals surface area contributed by atoms with Gasteiger partial charge in [-0.3, -0.25) is 10.1 Å². The normalized spacial score (nSPS) is 10.5. The Kier molecular flexibility index (Phi) is 3.23. The highest BCUT2D eigenvalue weighted by Gasteiger charge is 2.25. The molecule has 104 valence electrons. The van der Waals surface area contributed by atoms with Crippen molar-refractivity contribution in [1.29, 1.82) is 0 Å². The number of anilines is 3. The fraction of sp³-hybridized carbons (Fsp3) is 0.143. The summed E-state index contributed by atoms with van der Waals surface area (Å²) in [6, 6.07) is 7.45. The van der Waals surface area contributed by atoms with Crippen LogP contribution in [0.3, 0.4) is 0 Å². The molecule has 6 heteroatoms. The van der Waals surface area contributed by atoms with Gasteiger partial charge >= 0.3 is 5.69 Å². The Hall–Kier alpha value is -2.76. The summed E-state index contributed by atoms with van der Waals surface area (Å²) in [5.74, 6) is 0. The van der Waals surface area contributed by atoms with Crippen LogP contribution in [-0.2, 0) is 0 Å². The molecule has 0 aliphatic heterocycles. The fourth-order valence-electron chi connectivity index (χ4n) is 2.15. The number of nitro groups is 1. The SMILES string of the molecule is Cc1ccc(-c2c(N)c(C)c(N)c([N+](=O)[O-])c2N)cc1. The first-order chi connectivity index (χ1) is 9.34. The summed E-state index contributed by atoms with van der Waals surface area (Å²) < 4.78 is 0. The van der Waals surface area contributed by atoms with Crippen molar-refractivity contribution in [2.45, 2.75) is 13.8 Å². The van der Waals surface area contributed by atoms with E-state index in [1.54, 1.807) is 6.92 Å². The Morgan fingerprint density at radius 1 is 0.950 bits per heavy atom. The van der Waals surface area contributed by atoms with Gasteiger partial charge in [0.15, 0.2) is 0 Å². The van der Waals surface area contributed by atoms with Crippen LogP contribution in [0.25, 0.3) is 11.1 Å². The van der Waals surface area contributed by atoms with Gasteiger partial charge in [-0.05, 0) is 19.4 Å². The van der Waals surface area contributed by atoms with Gasteiger partial charge in [-0.25, -0.2) is 0 Å². The van der Waals surface area contributed by atoms with Crippen LogP contribution in [0.15, 0.2) is 24.3 Å². The second-order valence-corrected chi connectivity index (χ2v) is 4.71. The predicted molar refractivity (Wildman–Crippen MR) is 81.2 cm³/mol. The van der Waals surface area contributed by atoms with Crippen molar-refractivity contribution in [1.82, 2.24) is 0 Å². The van der Waals surface area contributed by atoms with E-state index in [9.17, 15) is 10.1 Å². The van der Waals surface area contributed by atoms with Crippen molar-refractivity contribution in [2.24, 2.45) is 0 Å². The third kappa shape index (κ3) is 2.01. The van der Waals surface area contributed by atoms with Crippen LogP contribution in [0.2, 0.25) is 0 Å². The molecule has 0 amide bonds. The summed E-state index contributed by atoms with van der Waals surface area (Å²) >= 11 is 0. The highest BCUT2D eigenvalue weighted by Crippen LogP contribution is 2.44. The molecule has 0 fully saturated rings. The zero-order chi connectivity index (χ0) is 15.0. The number of benzene rings is 2. The minimum Gasteiger partial charge on any atom is -0.398 e. The van der Waals surface area contributed by atoms with E-state index in [-0.39, 0.29) is 17.1 Å². The van der Waals surface area contributed by atoms with Gasteiger partial charge in [-0.1, -0.05) is 29.8 Å². The molecular formula is C14H16N4O2. The fourth-order valence-corrected chi connectivity index (χ4v) is 2.15. The van der Waals surface area contributed by atoms with E-state index in [4.69, 9.17) is 17.2 Å². The van der Waals surface area contributed by atoms with E-state index in [1.165, 1.54) is 0 Å². The number of rotatable bonds is 2. The molecule has 6 nitrogen and oxygen atoms in total. The molecule has 2 rings (SSSR count). The van der Waals surface area contributed by atoms with Gasteiger partial charge in [-0.2, -0.15) is 0 Å². The topological polar surface area (TPSA) is 121 Å². The zero-order valence-electron chi connectivity index (χ0n) is 11.3. The zero-order valence-corrected chi connectivity index (χ0v) is 11.3. The summed E-state index contributed by atoms with van der Waals surface area (Å²) in [6.45, 7) is 3.60. The molecule has 0 unspecified atom stereocenters. The van der Waals surface area contributed by atoms with Crippen molar-refractivity contribution in [2.75, 3.05) is 17.2 Å².